The molecule has 0 spiro atoms. The number of carbonyl (C=O) groups is 1. The number of amides is 1. The van der Waals surface area contributed by atoms with Crippen molar-refractivity contribution in [3.63, 3.8) is 0 Å². The third-order valence-corrected chi connectivity index (χ3v) is 3.07. The molecule has 4 nitrogen and oxygen atoms in total. The summed E-state index contributed by atoms with van der Waals surface area (Å²) in [4.78, 5) is 18.1. The molecule has 2 N–H and O–H groups in total. The third kappa shape index (κ3) is 3.44. The molecule has 1 amide bonds. The van der Waals surface area contributed by atoms with Crippen LogP contribution in [0.2, 0.25) is 4.47 Å². The molecule has 0 radical (unpaired) electrons. The lowest BCUT2D eigenvalue weighted by atomic mass is 10.3. The minimum absolute atomic E-state index is 0.0325. The van der Waals surface area contributed by atoms with E-state index in [9.17, 15) is 4.79 Å². The Hall–Kier alpha value is -0.650. The Morgan fingerprint density at radius 1 is 1.73 bits per heavy atom. The van der Waals surface area contributed by atoms with Crippen LogP contribution in [-0.4, -0.2) is 28.4 Å². The van der Waals surface area contributed by atoms with Gasteiger partial charge in [0.25, 0.3) is 0 Å². The smallest absolute Gasteiger partial charge is 0.236 e. The van der Waals surface area contributed by atoms with Crippen molar-refractivity contribution in [2.45, 2.75) is 26.4 Å². The molecule has 1 aromatic heterocycles. The Morgan fingerprint density at radius 2 is 2.40 bits per heavy atom. The molecule has 15 heavy (non-hydrogen) atoms. The third-order valence-electron chi connectivity index (χ3n) is 1.97. The molecular weight excluding hydrogens is 234 g/mol. The minimum atomic E-state index is -0.0606. The van der Waals surface area contributed by atoms with Gasteiger partial charge < -0.3 is 10.6 Å². The van der Waals surface area contributed by atoms with Crippen molar-refractivity contribution < 1.29 is 4.79 Å². The molecule has 84 valence electrons. The summed E-state index contributed by atoms with van der Waals surface area (Å²) in [5, 5.41) is 0. The van der Waals surface area contributed by atoms with Crippen molar-refractivity contribution in [2.75, 3.05) is 6.54 Å². The van der Waals surface area contributed by atoms with Gasteiger partial charge >= 0.3 is 0 Å². The fourth-order valence-corrected chi connectivity index (χ4v) is 2.18. The fraction of sp³-hybridized carbons (Fsp3) is 0.556. The van der Waals surface area contributed by atoms with Crippen molar-refractivity contribution in [3.05, 3.63) is 15.5 Å². The first-order chi connectivity index (χ1) is 7.04. The number of nitrogens with two attached hydrogens (primary N) is 1. The summed E-state index contributed by atoms with van der Waals surface area (Å²) in [6.07, 6.45) is 1.69. The van der Waals surface area contributed by atoms with Crippen LogP contribution in [0, 0.1) is 0 Å². The molecule has 1 heterocycles. The number of aromatic nitrogens is 1. The molecule has 0 aromatic carbocycles. The van der Waals surface area contributed by atoms with Gasteiger partial charge in [-0.1, -0.05) is 11.6 Å². The lowest BCUT2D eigenvalue weighted by molar-refractivity contribution is -0.131. The lowest BCUT2D eigenvalue weighted by Crippen LogP contribution is -2.40. The minimum Gasteiger partial charge on any atom is -0.334 e. The zero-order chi connectivity index (χ0) is 11.4. The maximum atomic E-state index is 11.5. The molecule has 6 heteroatoms. The highest BCUT2D eigenvalue weighted by Gasteiger charge is 2.16. The van der Waals surface area contributed by atoms with Gasteiger partial charge in [-0.25, -0.2) is 4.98 Å². The largest absolute Gasteiger partial charge is 0.334 e. The van der Waals surface area contributed by atoms with Crippen LogP contribution in [0.1, 0.15) is 18.7 Å². The maximum Gasteiger partial charge on any atom is 0.236 e. The van der Waals surface area contributed by atoms with Gasteiger partial charge in [-0.15, -0.1) is 11.3 Å². The van der Waals surface area contributed by atoms with Crippen molar-refractivity contribution in [2.24, 2.45) is 5.73 Å². The zero-order valence-corrected chi connectivity index (χ0v) is 10.3. The quantitative estimate of drug-likeness (QED) is 0.877. The zero-order valence-electron chi connectivity index (χ0n) is 8.74. The van der Waals surface area contributed by atoms with Crippen LogP contribution in [-0.2, 0) is 11.3 Å². The molecule has 0 aliphatic rings. The summed E-state index contributed by atoms with van der Waals surface area (Å²) in [7, 11) is 0. The molecule has 1 rings (SSSR count). The Labute approximate surface area is 98.0 Å². The van der Waals surface area contributed by atoms with Gasteiger partial charge in [-0.2, -0.15) is 0 Å². The van der Waals surface area contributed by atoms with E-state index in [1.165, 1.54) is 11.3 Å². The topological polar surface area (TPSA) is 59.2 Å². The molecule has 0 bridgehead atoms. The SMILES string of the molecule is CC(C)N(Cc1cnc(Cl)s1)C(=O)CN. The van der Waals surface area contributed by atoms with Gasteiger partial charge in [0.2, 0.25) is 5.91 Å². The first-order valence-corrected chi connectivity index (χ1v) is 5.83. The second-order valence-corrected chi connectivity index (χ2v) is 5.10. The molecule has 0 fully saturated rings. The highest BCUT2D eigenvalue weighted by Crippen LogP contribution is 2.20. The van der Waals surface area contributed by atoms with Crippen LogP contribution < -0.4 is 5.73 Å². The van der Waals surface area contributed by atoms with Crippen molar-refractivity contribution in [3.8, 4) is 0 Å². The summed E-state index contributed by atoms with van der Waals surface area (Å²) in [6.45, 7) is 4.47. The number of hydrogen-bond acceptors (Lipinski definition) is 4. The van der Waals surface area contributed by atoms with Gasteiger partial charge in [0.1, 0.15) is 0 Å². The van der Waals surface area contributed by atoms with Crippen LogP contribution >= 0.6 is 22.9 Å². The highest BCUT2D eigenvalue weighted by molar-refractivity contribution is 7.15. The molecule has 0 aliphatic heterocycles. The Bertz CT molecular complexity index is 340. The monoisotopic (exact) mass is 247 g/mol. The number of carbonyl (C=O) groups excluding carboxylic acids is 1. The van der Waals surface area contributed by atoms with Crippen LogP contribution in [0.25, 0.3) is 0 Å². The lowest BCUT2D eigenvalue weighted by Gasteiger charge is -2.25. The fourth-order valence-electron chi connectivity index (χ4n) is 1.20. The summed E-state index contributed by atoms with van der Waals surface area (Å²) in [5.74, 6) is -0.0606. The van der Waals surface area contributed by atoms with Crippen LogP contribution in [0.5, 0.6) is 0 Å². The van der Waals surface area contributed by atoms with E-state index >= 15 is 0 Å². The van der Waals surface area contributed by atoms with E-state index in [4.69, 9.17) is 17.3 Å². The summed E-state index contributed by atoms with van der Waals surface area (Å²) >= 11 is 7.10. The summed E-state index contributed by atoms with van der Waals surface area (Å²) in [6, 6.07) is 0.127. The van der Waals surface area contributed by atoms with Gasteiger partial charge in [-0.3, -0.25) is 4.79 Å². The first kappa shape index (κ1) is 12.4. The Morgan fingerprint density at radius 3 is 2.80 bits per heavy atom. The number of nitrogens with zero attached hydrogens (tertiary/aromatic N) is 2. The number of thiazole rings is 1. The van der Waals surface area contributed by atoms with Gasteiger partial charge in [0.05, 0.1) is 13.1 Å². The van der Waals surface area contributed by atoms with Crippen molar-refractivity contribution >= 4 is 28.8 Å². The Balaban J connectivity index is 2.71. The van der Waals surface area contributed by atoms with E-state index in [2.05, 4.69) is 4.98 Å². The van der Waals surface area contributed by atoms with E-state index in [0.29, 0.717) is 11.0 Å². The second kappa shape index (κ2) is 5.44. The summed E-state index contributed by atoms with van der Waals surface area (Å²) in [5.41, 5.74) is 5.34. The van der Waals surface area contributed by atoms with E-state index < -0.39 is 0 Å². The number of hydrogen-bond donors (Lipinski definition) is 1. The van der Waals surface area contributed by atoms with Crippen molar-refractivity contribution in [1.82, 2.24) is 9.88 Å². The molecule has 0 unspecified atom stereocenters. The van der Waals surface area contributed by atoms with Gasteiger partial charge in [0.15, 0.2) is 4.47 Å². The molecule has 0 atom stereocenters. The number of halogens is 1. The molecule has 0 aliphatic carbocycles. The van der Waals surface area contributed by atoms with E-state index in [0.717, 1.165) is 4.88 Å². The highest BCUT2D eigenvalue weighted by atomic mass is 35.5. The van der Waals surface area contributed by atoms with Gasteiger partial charge in [-0.05, 0) is 13.8 Å². The van der Waals surface area contributed by atoms with Crippen LogP contribution in [0.4, 0.5) is 0 Å². The van der Waals surface area contributed by atoms with Crippen molar-refractivity contribution in [1.29, 1.82) is 0 Å². The Kier molecular flexibility index (Phi) is 4.50. The van der Waals surface area contributed by atoms with E-state index in [1.54, 1.807) is 11.1 Å². The van der Waals surface area contributed by atoms with E-state index in [-0.39, 0.29) is 18.5 Å². The average Bonchev–Trinajstić information content (AvgIpc) is 2.59. The molecule has 1 aromatic rings. The first-order valence-electron chi connectivity index (χ1n) is 4.64. The average molecular weight is 248 g/mol. The number of rotatable bonds is 4. The van der Waals surface area contributed by atoms with E-state index in [1.807, 2.05) is 13.8 Å². The van der Waals surface area contributed by atoms with Crippen LogP contribution in [0.3, 0.4) is 0 Å². The molecular formula is C9H14ClN3OS. The normalized spacial score (nSPS) is 10.7. The molecule has 0 saturated heterocycles. The predicted molar refractivity (Wildman–Crippen MR) is 61.9 cm³/mol. The maximum absolute atomic E-state index is 11.5. The summed E-state index contributed by atoms with van der Waals surface area (Å²) < 4.78 is 0.494. The van der Waals surface area contributed by atoms with Gasteiger partial charge in [0, 0.05) is 17.1 Å². The molecule has 0 saturated carbocycles. The van der Waals surface area contributed by atoms with Crippen LogP contribution in [0.15, 0.2) is 6.20 Å². The standard InChI is InChI=1S/C9H14ClN3OS/c1-6(2)13(8(14)3-11)5-7-4-12-9(10)15-7/h4,6H,3,5,11H2,1-2H3. The predicted octanol–water partition coefficient (Wildman–Crippen LogP) is 1.49. The second-order valence-electron chi connectivity index (χ2n) is 3.40.